The minimum Gasteiger partial charge on any atom is -0.333 e. The van der Waals surface area contributed by atoms with E-state index in [0.29, 0.717) is 18.0 Å². The zero-order valence-electron chi connectivity index (χ0n) is 18.0. The number of piperidine rings is 1. The number of benzene rings is 2. The molecule has 6 heteroatoms. The number of fused-ring (bicyclic) bond motifs is 3. The Morgan fingerprint density at radius 2 is 1.94 bits per heavy atom. The second kappa shape index (κ2) is 7.93. The lowest BCUT2D eigenvalue weighted by Crippen LogP contribution is -2.46. The number of rotatable bonds is 5. The second-order valence-electron chi connectivity index (χ2n) is 9.37. The van der Waals surface area contributed by atoms with E-state index >= 15 is 0 Å². The highest BCUT2D eigenvalue weighted by molar-refractivity contribution is 5.95. The first kappa shape index (κ1) is 19.3. The molecule has 6 nitrogen and oxygen atoms in total. The van der Waals surface area contributed by atoms with E-state index in [2.05, 4.69) is 44.3 Å². The quantitative estimate of drug-likeness (QED) is 0.514. The van der Waals surface area contributed by atoms with E-state index in [1.165, 1.54) is 10.9 Å². The first-order valence-electron chi connectivity index (χ1n) is 11.5. The van der Waals surface area contributed by atoms with Crippen LogP contribution in [0.1, 0.15) is 47.2 Å². The summed E-state index contributed by atoms with van der Waals surface area (Å²) < 4.78 is 2.03. The Labute approximate surface area is 187 Å². The highest BCUT2D eigenvalue weighted by Gasteiger charge is 2.43. The summed E-state index contributed by atoms with van der Waals surface area (Å²) in [4.78, 5) is 19.8. The maximum Gasteiger partial charge on any atom is 0.254 e. The van der Waals surface area contributed by atoms with E-state index < -0.39 is 0 Å². The van der Waals surface area contributed by atoms with Gasteiger partial charge in [0.2, 0.25) is 0 Å². The Balaban J connectivity index is 1.16. The Bertz CT molecular complexity index is 1230. The molecule has 2 fully saturated rings. The van der Waals surface area contributed by atoms with Crippen LogP contribution in [0, 0.1) is 5.92 Å². The molecule has 4 aromatic rings. The Morgan fingerprint density at radius 3 is 2.75 bits per heavy atom. The Hall–Kier alpha value is -3.41. The lowest BCUT2D eigenvalue weighted by atomic mass is 9.85. The van der Waals surface area contributed by atoms with Crippen LogP contribution in [0.5, 0.6) is 0 Å². The minimum absolute atomic E-state index is 0.197. The molecule has 0 spiro atoms. The molecule has 1 amide bonds. The molecule has 162 valence electrons. The van der Waals surface area contributed by atoms with Gasteiger partial charge in [0.05, 0.1) is 18.0 Å². The largest absolute Gasteiger partial charge is 0.333 e. The highest BCUT2D eigenvalue weighted by atomic mass is 16.2. The fraction of sp³-hybridized carbons (Fsp3) is 0.346. The topological polar surface area (TPSA) is 66.8 Å². The summed E-state index contributed by atoms with van der Waals surface area (Å²) in [6.45, 7) is 0.733. The fourth-order valence-corrected chi connectivity index (χ4v) is 5.78. The molecular weight excluding hydrogens is 398 g/mol. The van der Waals surface area contributed by atoms with Crippen LogP contribution in [0.25, 0.3) is 10.9 Å². The number of carbonyl (C=O) groups excluding carboxylic acids is 1. The van der Waals surface area contributed by atoms with Gasteiger partial charge in [-0.2, -0.15) is 5.10 Å². The lowest BCUT2D eigenvalue weighted by molar-refractivity contribution is 0.0524. The number of nitrogens with zero attached hydrogens (tertiary/aromatic N) is 4. The number of H-pyrrole nitrogens is 1. The van der Waals surface area contributed by atoms with E-state index in [1.807, 2.05) is 41.5 Å². The van der Waals surface area contributed by atoms with Crippen molar-refractivity contribution >= 4 is 16.8 Å². The van der Waals surface area contributed by atoms with Crippen LogP contribution < -0.4 is 0 Å². The molecule has 32 heavy (non-hydrogen) atoms. The Kier molecular flexibility index (Phi) is 4.78. The number of hydrogen-bond donors (Lipinski definition) is 1. The minimum atomic E-state index is 0.197. The zero-order chi connectivity index (χ0) is 21.5. The molecule has 2 aromatic heterocycles. The van der Waals surface area contributed by atoms with Crippen LogP contribution in [0.15, 0.2) is 67.4 Å². The number of aromatic amines is 1. The molecule has 6 rings (SSSR count). The Morgan fingerprint density at radius 1 is 1.06 bits per heavy atom. The van der Waals surface area contributed by atoms with Crippen molar-refractivity contribution in [1.29, 1.82) is 0 Å². The molecule has 0 saturated carbocycles. The van der Waals surface area contributed by atoms with Gasteiger partial charge in [0.25, 0.3) is 5.91 Å². The third-order valence-electron chi connectivity index (χ3n) is 7.19. The van der Waals surface area contributed by atoms with Crippen molar-refractivity contribution in [2.24, 2.45) is 5.92 Å². The predicted molar refractivity (Wildman–Crippen MR) is 123 cm³/mol. The van der Waals surface area contributed by atoms with Gasteiger partial charge in [0.1, 0.15) is 0 Å². The molecule has 2 aliphatic rings. The standard InChI is InChI=1S/C26H27N5O/c32-26(21-3-1-2-19(12-21)16-30-9-8-27-17-30)31-23-5-6-24(31)14-20(13-23)10-18-4-7-25-22(11-18)15-28-29-25/h1-4,7-9,11-12,15,17,20,23-24H,5-6,10,13-14,16H2,(H,28,29). The SMILES string of the molecule is O=C(c1cccc(Cn2ccnc2)c1)N1C2CCC1CC(Cc1ccc3[nH]ncc3c1)C2. The summed E-state index contributed by atoms with van der Waals surface area (Å²) in [7, 11) is 0. The van der Waals surface area contributed by atoms with Gasteiger partial charge in [-0.05, 0) is 73.4 Å². The summed E-state index contributed by atoms with van der Waals surface area (Å²) in [6.07, 6.45) is 13.0. The van der Waals surface area contributed by atoms with E-state index in [9.17, 15) is 4.79 Å². The van der Waals surface area contributed by atoms with Crippen LogP contribution in [0.3, 0.4) is 0 Å². The van der Waals surface area contributed by atoms with E-state index in [1.54, 1.807) is 6.20 Å². The summed E-state index contributed by atoms with van der Waals surface area (Å²) in [5.74, 6) is 0.830. The lowest BCUT2D eigenvalue weighted by Gasteiger charge is -2.39. The normalized spacial score (nSPS) is 22.5. The molecule has 2 saturated heterocycles. The average Bonchev–Trinajstić information content (AvgIpc) is 3.53. The van der Waals surface area contributed by atoms with Crippen molar-refractivity contribution in [3.63, 3.8) is 0 Å². The maximum atomic E-state index is 13.5. The van der Waals surface area contributed by atoms with Crippen molar-refractivity contribution in [3.8, 4) is 0 Å². The number of carbonyl (C=O) groups is 1. The zero-order valence-corrected chi connectivity index (χ0v) is 18.0. The van der Waals surface area contributed by atoms with E-state index in [4.69, 9.17) is 0 Å². The number of aromatic nitrogens is 4. The van der Waals surface area contributed by atoms with Gasteiger partial charge in [0, 0.05) is 42.0 Å². The van der Waals surface area contributed by atoms with Gasteiger partial charge < -0.3 is 9.47 Å². The number of hydrogen-bond acceptors (Lipinski definition) is 3. The van der Waals surface area contributed by atoms with Crippen LogP contribution >= 0.6 is 0 Å². The van der Waals surface area contributed by atoms with Crippen molar-refractivity contribution in [2.45, 2.75) is 50.7 Å². The first-order chi connectivity index (χ1) is 15.7. The van der Waals surface area contributed by atoms with Crippen molar-refractivity contribution < 1.29 is 4.79 Å². The van der Waals surface area contributed by atoms with E-state index in [-0.39, 0.29) is 5.91 Å². The summed E-state index contributed by atoms with van der Waals surface area (Å²) in [5.41, 5.74) is 4.40. The van der Waals surface area contributed by atoms with Crippen LogP contribution in [-0.2, 0) is 13.0 Å². The van der Waals surface area contributed by atoms with Gasteiger partial charge in [0.15, 0.2) is 0 Å². The molecule has 2 unspecified atom stereocenters. The third-order valence-corrected chi connectivity index (χ3v) is 7.19. The highest BCUT2D eigenvalue weighted by Crippen LogP contribution is 2.41. The molecule has 4 heterocycles. The summed E-state index contributed by atoms with van der Waals surface area (Å²) >= 11 is 0. The van der Waals surface area contributed by atoms with Crippen molar-refractivity contribution in [2.75, 3.05) is 0 Å². The van der Waals surface area contributed by atoms with Gasteiger partial charge in [-0.3, -0.25) is 9.89 Å². The smallest absolute Gasteiger partial charge is 0.254 e. The molecule has 2 aromatic carbocycles. The summed E-state index contributed by atoms with van der Waals surface area (Å²) in [5, 5.41) is 8.34. The van der Waals surface area contributed by atoms with Gasteiger partial charge >= 0.3 is 0 Å². The second-order valence-corrected chi connectivity index (χ2v) is 9.37. The van der Waals surface area contributed by atoms with Gasteiger partial charge in [-0.15, -0.1) is 0 Å². The number of amides is 1. The molecule has 0 radical (unpaired) electrons. The number of imidazole rings is 1. The molecule has 0 aliphatic carbocycles. The van der Waals surface area contributed by atoms with Gasteiger partial charge in [-0.1, -0.05) is 18.2 Å². The van der Waals surface area contributed by atoms with Gasteiger partial charge in [-0.25, -0.2) is 4.98 Å². The monoisotopic (exact) mass is 425 g/mol. The molecule has 1 N–H and O–H groups in total. The molecule has 2 atom stereocenters. The van der Waals surface area contributed by atoms with Crippen molar-refractivity contribution in [3.05, 3.63) is 84.1 Å². The molecule has 2 bridgehead atoms. The third kappa shape index (κ3) is 3.60. The van der Waals surface area contributed by atoms with Crippen molar-refractivity contribution in [1.82, 2.24) is 24.6 Å². The average molecular weight is 426 g/mol. The first-order valence-corrected chi connectivity index (χ1v) is 11.5. The maximum absolute atomic E-state index is 13.5. The van der Waals surface area contributed by atoms with Crippen LogP contribution in [0.4, 0.5) is 0 Å². The predicted octanol–water partition coefficient (Wildman–Crippen LogP) is 4.43. The molecule has 2 aliphatic heterocycles. The molecular formula is C26H27N5O. The summed E-state index contributed by atoms with van der Waals surface area (Å²) in [6, 6.07) is 15.4. The van der Waals surface area contributed by atoms with E-state index in [0.717, 1.165) is 55.3 Å². The fourth-order valence-electron chi connectivity index (χ4n) is 5.78. The van der Waals surface area contributed by atoms with Crippen LogP contribution in [0.2, 0.25) is 0 Å². The van der Waals surface area contributed by atoms with Crippen LogP contribution in [-0.4, -0.2) is 42.6 Å². The number of nitrogens with one attached hydrogen (secondary N) is 1.